The minimum Gasteiger partial charge on any atom is -0.342 e. The van der Waals surface area contributed by atoms with Crippen LogP contribution in [0.4, 0.5) is 4.79 Å². The average molecular weight is 345 g/mol. The van der Waals surface area contributed by atoms with Crippen LogP contribution < -0.4 is 5.32 Å². The normalized spacial score (nSPS) is 24.8. The van der Waals surface area contributed by atoms with Crippen LogP contribution in [0.5, 0.6) is 0 Å². The van der Waals surface area contributed by atoms with E-state index in [9.17, 15) is 9.59 Å². The van der Waals surface area contributed by atoms with Crippen molar-refractivity contribution in [2.75, 3.05) is 26.2 Å². The van der Waals surface area contributed by atoms with E-state index in [1.165, 1.54) is 5.69 Å². The summed E-state index contributed by atoms with van der Waals surface area (Å²) in [5.74, 6) is 1.41. The fourth-order valence-electron chi connectivity index (χ4n) is 4.49. The topological polar surface area (TPSA) is 70.5 Å². The molecule has 136 valence electrons. The minimum absolute atomic E-state index is 0.0620. The number of likely N-dealkylation sites (tertiary alicyclic amines) is 1. The summed E-state index contributed by atoms with van der Waals surface area (Å²) in [5.41, 5.74) is 1.18. The number of amides is 3. The minimum atomic E-state index is 0.0620. The van der Waals surface area contributed by atoms with E-state index in [1.54, 1.807) is 0 Å². The first-order chi connectivity index (χ1) is 12.1. The highest BCUT2D eigenvalue weighted by Crippen LogP contribution is 2.26. The molecule has 25 heavy (non-hydrogen) atoms. The number of nitrogens with one attached hydrogen (secondary N) is 1. The van der Waals surface area contributed by atoms with Crippen LogP contribution >= 0.6 is 0 Å². The molecule has 0 spiro atoms. The molecule has 0 radical (unpaired) electrons. The van der Waals surface area contributed by atoms with Gasteiger partial charge in [0, 0.05) is 63.0 Å². The van der Waals surface area contributed by atoms with Crippen molar-refractivity contribution in [3.63, 3.8) is 0 Å². The lowest BCUT2D eigenvalue weighted by Crippen LogP contribution is -2.55. The third kappa shape index (κ3) is 3.12. The molecule has 2 saturated heterocycles. The Morgan fingerprint density at radius 3 is 2.76 bits per heavy atom. The lowest BCUT2D eigenvalue weighted by molar-refractivity contribution is -0.137. The first-order valence-electron chi connectivity index (χ1n) is 9.48. The molecule has 2 fully saturated rings. The Labute approximate surface area is 148 Å². The van der Waals surface area contributed by atoms with Gasteiger partial charge in [-0.15, -0.1) is 0 Å². The number of aryl methyl sites for hydroxylation is 1. The lowest BCUT2D eigenvalue weighted by Gasteiger charge is -2.41. The maximum atomic E-state index is 12.9. The van der Waals surface area contributed by atoms with Crippen molar-refractivity contribution in [1.29, 1.82) is 0 Å². The van der Waals surface area contributed by atoms with E-state index in [-0.39, 0.29) is 23.9 Å². The zero-order valence-electron chi connectivity index (χ0n) is 14.9. The largest absolute Gasteiger partial charge is 0.342 e. The van der Waals surface area contributed by atoms with Gasteiger partial charge in [-0.25, -0.2) is 9.78 Å². The molecular weight excluding hydrogens is 318 g/mol. The Kier molecular flexibility index (Phi) is 4.39. The number of nitrogens with zero attached hydrogens (tertiary/aromatic N) is 4. The first-order valence-corrected chi connectivity index (χ1v) is 9.48. The summed E-state index contributed by atoms with van der Waals surface area (Å²) in [5, 5.41) is 2.92. The van der Waals surface area contributed by atoms with Crippen LogP contribution in [0.1, 0.15) is 37.2 Å². The molecule has 1 atom stereocenters. The molecule has 1 N–H and O–H groups in total. The third-order valence-corrected chi connectivity index (χ3v) is 5.97. The van der Waals surface area contributed by atoms with Crippen molar-refractivity contribution in [3.05, 3.63) is 17.7 Å². The predicted octanol–water partition coefficient (Wildman–Crippen LogP) is 1.16. The molecule has 3 amide bonds. The Balaban J connectivity index is 1.33. The van der Waals surface area contributed by atoms with E-state index >= 15 is 0 Å². The first kappa shape index (κ1) is 16.4. The summed E-state index contributed by atoms with van der Waals surface area (Å²) in [6.07, 6.45) is 6.41. The average Bonchev–Trinajstić information content (AvgIpc) is 3.02. The molecule has 1 aromatic rings. The summed E-state index contributed by atoms with van der Waals surface area (Å²) >= 11 is 0. The van der Waals surface area contributed by atoms with Crippen LogP contribution in [-0.2, 0) is 17.8 Å². The second-order valence-corrected chi connectivity index (χ2v) is 7.47. The van der Waals surface area contributed by atoms with Crippen LogP contribution in [0.2, 0.25) is 0 Å². The van der Waals surface area contributed by atoms with Crippen LogP contribution in [0.15, 0.2) is 6.20 Å². The van der Waals surface area contributed by atoms with Gasteiger partial charge in [-0.3, -0.25) is 4.79 Å². The number of imidazole rings is 1. The summed E-state index contributed by atoms with van der Waals surface area (Å²) in [6, 6.07) is 0.340. The molecule has 7 nitrogen and oxygen atoms in total. The van der Waals surface area contributed by atoms with E-state index in [1.807, 2.05) is 22.9 Å². The van der Waals surface area contributed by atoms with Crippen LogP contribution in [0.25, 0.3) is 0 Å². The molecule has 3 aliphatic heterocycles. The van der Waals surface area contributed by atoms with Gasteiger partial charge in [0.1, 0.15) is 5.82 Å². The third-order valence-electron chi connectivity index (χ3n) is 5.97. The van der Waals surface area contributed by atoms with E-state index in [0.717, 1.165) is 70.7 Å². The number of carbonyl (C=O) groups excluding carboxylic acids is 2. The van der Waals surface area contributed by atoms with Crippen LogP contribution in [0, 0.1) is 12.8 Å². The number of rotatable bonds is 2. The number of aromatic nitrogens is 2. The van der Waals surface area contributed by atoms with Crippen molar-refractivity contribution < 1.29 is 9.59 Å². The Hall–Kier alpha value is -2.05. The van der Waals surface area contributed by atoms with Crippen LogP contribution in [-0.4, -0.2) is 63.5 Å². The van der Waals surface area contributed by atoms with Gasteiger partial charge in [0.05, 0.1) is 0 Å². The SMILES string of the molecule is Cc1ncc2n1CCC(C(=O)N1CCC(N3CCCNC3=O)CC1)C2. The maximum absolute atomic E-state index is 12.9. The number of piperidine rings is 1. The van der Waals surface area contributed by atoms with Gasteiger partial charge in [0.25, 0.3) is 0 Å². The molecule has 0 aliphatic carbocycles. The van der Waals surface area contributed by atoms with Gasteiger partial charge in [0.2, 0.25) is 5.91 Å². The standard InChI is InChI=1S/C18H27N5O2/c1-13-20-12-16-11-14(3-10-22(13)16)17(24)21-8-4-15(5-9-21)23-7-2-6-19-18(23)25/h12,14-15H,2-11H2,1H3,(H,19,25). The highest BCUT2D eigenvalue weighted by molar-refractivity contribution is 5.79. The summed E-state index contributed by atoms with van der Waals surface area (Å²) in [7, 11) is 0. The molecule has 4 heterocycles. The van der Waals surface area contributed by atoms with Crippen LogP contribution in [0.3, 0.4) is 0 Å². The van der Waals surface area contributed by atoms with Gasteiger partial charge in [-0.1, -0.05) is 0 Å². The molecule has 3 aliphatic rings. The van der Waals surface area contributed by atoms with Crippen molar-refractivity contribution in [2.45, 2.75) is 51.6 Å². The second kappa shape index (κ2) is 6.69. The fourth-order valence-corrected chi connectivity index (χ4v) is 4.49. The Morgan fingerprint density at radius 2 is 2.00 bits per heavy atom. The maximum Gasteiger partial charge on any atom is 0.317 e. The van der Waals surface area contributed by atoms with Gasteiger partial charge in [0.15, 0.2) is 0 Å². The van der Waals surface area contributed by atoms with Crippen molar-refractivity contribution in [3.8, 4) is 0 Å². The Bertz CT molecular complexity index is 662. The highest BCUT2D eigenvalue weighted by atomic mass is 16.2. The van der Waals surface area contributed by atoms with Crippen molar-refractivity contribution >= 4 is 11.9 Å². The summed E-state index contributed by atoms with van der Waals surface area (Å²) in [6.45, 7) is 6.07. The predicted molar refractivity (Wildman–Crippen MR) is 93.1 cm³/mol. The number of fused-ring (bicyclic) bond motifs is 1. The number of urea groups is 1. The zero-order chi connectivity index (χ0) is 17.4. The summed E-state index contributed by atoms with van der Waals surface area (Å²) in [4.78, 5) is 33.3. The number of hydrogen-bond acceptors (Lipinski definition) is 3. The molecule has 1 aromatic heterocycles. The fraction of sp³-hybridized carbons (Fsp3) is 0.722. The summed E-state index contributed by atoms with van der Waals surface area (Å²) < 4.78 is 2.23. The number of hydrogen-bond donors (Lipinski definition) is 1. The van der Waals surface area contributed by atoms with Gasteiger partial charge in [-0.2, -0.15) is 0 Å². The lowest BCUT2D eigenvalue weighted by atomic mass is 9.93. The smallest absolute Gasteiger partial charge is 0.317 e. The number of carbonyl (C=O) groups is 2. The van der Waals surface area contributed by atoms with Crippen molar-refractivity contribution in [2.24, 2.45) is 5.92 Å². The highest BCUT2D eigenvalue weighted by Gasteiger charge is 2.34. The van der Waals surface area contributed by atoms with Crippen molar-refractivity contribution in [1.82, 2.24) is 24.7 Å². The zero-order valence-corrected chi connectivity index (χ0v) is 14.9. The molecule has 0 aromatic carbocycles. The van der Waals surface area contributed by atoms with Gasteiger partial charge < -0.3 is 19.7 Å². The van der Waals surface area contributed by atoms with E-state index in [0.29, 0.717) is 0 Å². The molecule has 1 unspecified atom stereocenters. The van der Waals surface area contributed by atoms with E-state index in [2.05, 4.69) is 14.9 Å². The quantitative estimate of drug-likeness (QED) is 0.874. The Morgan fingerprint density at radius 1 is 1.20 bits per heavy atom. The molecule has 4 rings (SSSR count). The molecule has 7 heteroatoms. The monoisotopic (exact) mass is 345 g/mol. The molecular formula is C18H27N5O2. The van der Waals surface area contributed by atoms with E-state index in [4.69, 9.17) is 0 Å². The van der Waals surface area contributed by atoms with E-state index < -0.39 is 0 Å². The van der Waals surface area contributed by atoms with Gasteiger partial charge in [-0.05, 0) is 32.6 Å². The second-order valence-electron chi connectivity index (χ2n) is 7.47. The molecule has 0 bridgehead atoms. The van der Waals surface area contributed by atoms with Gasteiger partial charge >= 0.3 is 6.03 Å². The molecule has 0 saturated carbocycles.